The van der Waals surface area contributed by atoms with Crippen LogP contribution in [0, 0.1) is 5.92 Å². The molecule has 24 heavy (non-hydrogen) atoms. The summed E-state index contributed by atoms with van der Waals surface area (Å²) < 4.78 is 11.1. The number of ether oxygens (including phenoxy) is 2. The van der Waals surface area contributed by atoms with Crippen LogP contribution in [0.1, 0.15) is 11.7 Å². The van der Waals surface area contributed by atoms with Gasteiger partial charge in [-0.2, -0.15) is 0 Å². The fraction of sp³-hybridized carbons (Fsp3) is 0.235. The second kappa shape index (κ2) is 5.85. The summed E-state index contributed by atoms with van der Waals surface area (Å²) in [6.45, 7) is 0.373. The lowest BCUT2D eigenvalue weighted by molar-refractivity contribution is -0.154. The monoisotopic (exact) mass is 341 g/mol. The summed E-state index contributed by atoms with van der Waals surface area (Å²) in [5.41, 5.74) is 9.73. The molecule has 3 heterocycles. The van der Waals surface area contributed by atoms with E-state index in [2.05, 4.69) is 9.97 Å². The number of amides is 1. The highest BCUT2D eigenvalue weighted by atomic mass is 32.1. The Balaban J connectivity index is 1.79. The molecule has 1 aliphatic rings. The fourth-order valence-corrected chi connectivity index (χ4v) is 3.46. The van der Waals surface area contributed by atoms with Gasteiger partial charge in [0.15, 0.2) is 0 Å². The van der Waals surface area contributed by atoms with Crippen LogP contribution in [0.4, 0.5) is 0 Å². The lowest BCUT2D eigenvalue weighted by Gasteiger charge is -2.35. The van der Waals surface area contributed by atoms with Crippen LogP contribution >= 0.6 is 11.3 Å². The van der Waals surface area contributed by atoms with Gasteiger partial charge in [0.1, 0.15) is 5.75 Å². The number of nitrogens with two attached hydrogens (primary N) is 1. The van der Waals surface area contributed by atoms with Crippen molar-refractivity contribution < 1.29 is 14.3 Å². The molecule has 4 rings (SSSR count). The van der Waals surface area contributed by atoms with E-state index in [1.165, 1.54) is 11.3 Å². The third kappa shape index (κ3) is 2.42. The van der Waals surface area contributed by atoms with Crippen molar-refractivity contribution in [1.82, 2.24) is 9.97 Å². The molecule has 2 aromatic heterocycles. The van der Waals surface area contributed by atoms with Gasteiger partial charge in [-0.1, -0.05) is 6.07 Å². The van der Waals surface area contributed by atoms with Gasteiger partial charge in [0.2, 0.25) is 5.91 Å². The minimum absolute atomic E-state index is 0.280. The molecule has 0 saturated carbocycles. The maximum absolute atomic E-state index is 11.4. The number of thiazole rings is 1. The van der Waals surface area contributed by atoms with Crippen molar-refractivity contribution in [2.24, 2.45) is 11.7 Å². The highest BCUT2D eigenvalue weighted by Gasteiger charge is 2.37. The topological polar surface area (TPSA) is 87.3 Å². The van der Waals surface area contributed by atoms with Gasteiger partial charge in [-0.25, -0.2) is 4.98 Å². The molecule has 1 aromatic carbocycles. The third-order valence-corrected chi connectivity index (χ3v) is 5.01. The molecule has 0 spiro atoms. The smallest absolute Gasteiger partial charge is 0.225 e. The van der Waals surface area contributed by atoms with Crippen LogP contribution in [-0.2, 0) is 9.53 Å². The quantitative estimate of drug-likeness (QED) is 0.788. The van der Waals surface area contributed by atoms with Crippen molar-refractivity contribution in [1.29, 1.82) is 0 Å². The number of aromatic nitrogens is 2. The minimum atomic E-state index is -0.336. The summed E-state index contributed by atoms with van der Waals surface area (Å²) in [7, 11) is 1.63. The average Bonchev–Trinajstić information content (AvgIpc) is 3.06. The Kier molecular flexibility index (Phi) is 3.66. The van der Waals surface area contributed by atoms with Crippen LogP contribution in [0.2, 0.25) is 0 Å². The number of primary amides is 1. The molecule has 1 saturated heterocycles. The average molecular weight is 341 g/mol. The molecular formula is C17H15N3O3S. The Labute approximate surface area is 142 Å². The summed E-state index contributed by atoms with van der Waals surface area (Å²) in [5.74, 6) is 0.107. The van der Waals surface area contributed by atoms with Gasteiger partial charge >= 0.3 is 0 Å². The van der Waals surface area contributed by atoms with Crippen LogP contribution in [0.15, 0.2) is 36.0 Å². The summed E-state index contributed by atoms with van der Waals surface area (Å²) in [5, 5.41) is 0.877. The summed E-state index contributed by atoms with van der Waals surface area (Å²) in [6.07, 6.45) is 1.49. The molecule has 2 unspecified atom stereocenters. The lowest BCUT2D eigenvalue weighted by atomic mass is 9.90. The first-order valence-corrected chi connectivity index (χ1v) is 8.34. The van der Waals surface area contributed by atoms with Gasteiger partial charge in [-0.15, -0.1) is 11.3 Å². The molecule has 1 aliphatic heterocycles. The van der Waals surface area contributed by atoms with E-state index < -0.39 is 0 Å². The van der Waals surface area contributed by atoms with E-state index in [-0.39, 0.29) is 17.9 Å². The molecule has 7 heteroatoms. The van der Waals surface area contributed by atoms with E-state index in [0.717, 1.165) is 32.8 Å². The molecule has 0 bridgehead atoms. The molecule has 2 N–H and O–H groups in total. The van der Waals surface area contributed by atoms with Crippen LogP contribution in [0.3, 0.4) is 0 Å². The maximum Gasteiger partial charge on any atom is 0.225 e. The highest BCUT2D eigenvalue weighted by molar-refractivity contribution is 7.13. The number of pyridine rings is 1. The predicted molar refractivity (Wildman–Crippen MR) is 90.8 cm³/mol. The zero-order valence-corrected chi connectivity index (χ0v) is 13.7. The van der Waals surface area contributed by atoms with Crippen molar-refractivity contribution in [3.8, 4) is 16.3 Å². The van der Waals surface area contributed by atoms with Crippen molar-refractivity contribution >= 4 is 28.1 Å². The summed E-state index contributed by atoms with van der Waals surface area (Å²) in [6, 6.07) is 7.69. The number of hydrogen-bond donors (Lipinski definition) is 1. The second-order valence-electron chi connectivity index (χ2n) is 5.61. The highest BCUT2D eigenvalue weighted by Crippen LogP contribution is 2.38. The first kappa shape index (κ1) is 15.0. The molecule has 2 atom stereocenters. The van der Waals surface area contributed by atoms with E-state index in [9.17, 15) is 4.79 Å². The normalized spacial score (nSPS) is 19.9. The largest absolute Gasteiger partial charge is 0.496 e. The zero-order valence-electron chi connectivity index (χ0n) is 12.9. The Morgan fingerprint density at radius 1 is 1.42 bits per heavy atom. The standard InChI is InChI=1S/C17H15N3O3S/c1-22-14-5-13(15-6-19-8-24-15)20-12-3-2-9(4-10(12)14)16-11(7-23-16)17(18)21/h2-6,8,11,16H,7H2,1H3,(H2,18,21). The number of benzene rings is 1. The van der Waals surface area contributed by atoms with Gasteiger partial charge in [0, 0.05) is 17.6 Å². The van der Waals surface area contributed by atoms with Crippen LogP contribution < -0.4 is 10.5 Å². The summed E-state index contributed by atoms with van der Waals surface area (Å²) in [4.78, 5) is 21.2. The fourth-order valence-electron chi connectivity index (χ4n) is 2.88. The molecule has 0 radical (unpaired) electrons. The van der Waals surface area contributed by atoms with E-state index in [1.807, 2.05) is 24.3 Å². The molecular weight excluding hydrogens is 326 g/mol. The Bertz CT molecular complexity index is 911. The van der Waals surface area contributed by atoms with E-state index in [4.69, 9.17) is 15.2 Å². The predicted octanol–water partition coefficient (Wildman–Crippen LogP) is 2.54. The Morgan fingerprint density at radius 3 is 2.92 bits per heavy atom. The lowest BCUT2D eigenvalue weighted by Crippen LogP contribution is -2.42. The number of rotatable bonds is 4. The van der Waals surface area contributed by atoms with E-state index in [1.54, 1.807) is 18.8 Å². The number of carbonyl (C=O) groups excluding carboxylic acids is 1. The number of carbonyl (C=O) groups is 1. The molecule has 6 nitrogen and oxygen atoms in total. The first-order valence-electron chi connectivity index (χ1n) is 7.46. The Morgan fingerprint density at radius 2 is 2.29 bits per heavy atom. The number of methoxy groups -OCH3 is 1. The number of fused-ring (bicyclic) bond motifs is 1. The summed E-state index contributed by atoms with van der Waals surface area (Å²) >= 11 is 1.53. The van der Waals surface area contributed by atoms with Crippen LogP contribution in [0.5, 0.6) is 5.75 Å². The van der Waals surface area contributed by atoms with Gasteiger partial charge in [-0.05, 0) is 17.7 Å². The molecule has 1 fully saturated rings. The number of hydrogen-bond acceptors (Lipinski definition) is 6. The first-order chi connectivity index (χ1) is 11.7. The molecule has 3 aromatic rings. The molecule has 1 amide bonds. The third-order valence-electron chi connectivity index (χ3n) is 4.21. The van der Waals surface area contributed by atoms with Gasteiger partial charge in [0.25, 0.3) is 0 Å². The minimum Gasteiger partial charge on any atom is -0.496 e. The van der Waals surface area contributed by atoms with E-state index in [0.29, 0.717) is 6.61 Å². The molecule has 122 valence electrons. The van der Waals surface area contributed by atoms with Crippen LogP contribution in [-0.4, -0.2) is 29.6 Å². The van der Waals surface area contributed by atoms with Crippen molar-refractivity contribution in [2.45, 2.75) is 6.10 Å². The van der Waals surface area contributed by atoms with Crippen molar-refractivity contribution in [3.63, 3.8) is 0 Å². The SMILES string of the molecule is COc1cc(-c2cncs2)nc2ccc(C3OCC3C(N)=O)cc12. The zero-order chi connectivity index (χ0) is 16.7. The van der Waals surface area contributed by atoms with E-state index >= 15 is 0 Å². The van der Waals surface area contributed by atoms with Crippen molar-refractivity contribution in [2.75, 3.05) is 13.7 Å². The molecule has 0 aliphatic carbocycles. The van der Waals surface area contributed by atoms with Crippen LogP contribution in [0.25, 0.3) is 21.5 Å². The second-order valence-corrected chi connectivity index (χ2v) is 6.50. The van der Waals surface area contributed by atoms with Gasteiger partial charge < -0.3 is 15.2 Å². The number of nitrogens with zero attached hydrogens (tertiary/aromatic N) is 2. The van der Waals surface area contributed by atoms with Crippen molar-refractivity contribution in [3.05, 3.63) is 41.5 Å². The Hall–Kier alpha value is -2.51. The van der Waals surface area contributed by atoms with Gasteiger partial charge in [-0.3, -0.25) is 9.78 Å². The van der Waals surface area contributed by atoms with Gasteiger partial charge in [0.05, 0.1) is 47.3 Å². The maximum atomic E-state index is 11.4.